The van der Waals surface area contributed by atoms with Crippen LogP contribution in [0.4, 0.5) is 0 Å². The fourth-order valence-electron chi connectivity index (χ4n) is 4.46. The predicted octanol–water partition coefficient (Wildman–Crippen LogP) is 0.708. The van der Waals surface area contributed by atoms with Crippen molar-refractivity contribution in [3.8, 4) is 0 Å². The highest BCUT2D eigenvalue weighted by atomic mass is 32.2. The second kappa shape index (κ2) is 7.16. The average Bonchev–Trinajstić information content (AvgIpc) is 3.23. The molecule has 26 heavy (non-hydrogen) atoms. The van der Waals surface area contributed by atoms with Crippen molar-refractivity contribution in [2.75, 3.05) is 39.3 Å². The number of likely N-dealkylation sites (tertiary alicyclic amines) is 1. The lowest BCUT2D eigenvalue weighted by Crippen LogP contribution is -2.43. The Labute approximate surface area is 155 Å². The molecule has 0 saturated carbocycles. The van der Waals surface area contributed by atoms with E-state index in [2.05, 4.69) is 9.88 Å². The van der Waals surface area contributed by atoms with Gasteiger partial charge in [-0.05, 0) is 43.2 Å². The summed E-state index contributed by atoms with van der Waals surface area (Å²) in [6, 6.07) is 4.98. The minimum Gasteiger partial charge on any atom is -0.392 e. The minimum atomic E-state index is -3.50. The van der Waals surface area contributed by atoms with E-state index in [1.54, 1.807) is 22.5 Å². The molecule has 2 atom stereocenters. The van der Waals surface area contributed by atoms with Gasteiger partial charge in [-0.15, -0.1) is 0 Å². The average molecular weight is 381 g/mol. The van der Waals surface area contributed by atoms with Crippen LogP contribution in [-0.4, -0.2) is 79.3 Å². The molecule has 3 saturated heterocycles. The van der Waals surface area contributed by atoms with E-state index >= 15 is 0 Å². The maximum atomic E-state index is 12.7. The molecule has 3 fully saturated rings. The van der Waals surface area contributed by atoms with Crippen molar-refractivity contribution in [3.05, 3.63) is 24.4 Å². The zero-order chi connectivity index (χ0) is 18.2. The lowest BCUT2D eigenvalue weighted by molar-refractivity contribution is 0.0598. The lowest BCUT2D eigenvalue weighted by atomic mass is 9.77. The molecule has 1 aromatic rings. The van der Waals surface area contributed by atoms with Crippen LogP contribution in [0.15, 0.2) is 29.4 Å². The Morgan fingerprint density at radius 2 is 2.08 bits per heavy atom. The molecule has 0 radical (unpaired) electrons. The fourth-order valence-corrected chi connectivity index (χ4v) is 5.83. The number of sulfonamides is 1. The van der Waals surface area contributed by atoms with Gasteiger partial charge in [-0.1, -0.05) is 6.07 Å². The molecule has 1 aromatic heterocycles. The van der Waals surface area contributed by atoms with Gasteiger partial charge < -0.3 is 9.84 Å². The SMILES string of the molecule is O=S(=O)(c1ccccn1)N1CCC2(CC1)CO[C@H](CN1CC[C@@H](O)C1)C2. The lowest BCUT2D eigenvalue weighted by Gasteiger charge is -2.37. The van der Waals surface area contributed by atoms with Crippen molar-refractivity contribution in [2.45, 2.75) is 42.9 Å². The number of nitrogens with zero attached hydrogens (tertiary/aromatic N) is 3. The molecular formula is C18H27N3O4S. The molecule has 0 unspecified atom stereocenters. The Hall–Kier alpha value is -1.06. The maximum absolute atomic E-state index is 12.7. The third-order valence-corrected chi connectivity index (χ3v) is 7.84. The van der Waals surface area contributed by atoms with Gasteiger partial charge in [0, 0.05) is 38.9 Å². The van der Waals surface area contributed by atoms with E-state index in [9.17, 15) is 13.5 Å². The summed E-state index contributed by atoms with van der Waals surface area (Å²) in [7, 11) is -3.50. The maximum Gasteiger partial charge on any atom is 0.260 e. The van der Waals surface area contributed by atoms with Gasteiger partial charge in [0.15, 0.2) is 5.03 Å². The van der Waals surface area contributed by atoms with Crippen LogP contribution in [0, 0.1) is 5.41 Å². The Morgan fingerprint density at radius 1 is 1.27 bits per heavy atom. The minimum absolute atomic E-state index is 0.0964. The summed E-state index contributed by atoms with van der Waals surface area (Å²) in [6.07, 6.45) is 5.00. The van der Waals surface area contributed by atoms with Gasteiger partial charge in [0.1, 0.15) is 0 Å². The zero-order valence-corrected chi connectivity index (χ0v) is 15.8. The topological polar surface area (TPSA) is 83.0 Å². The van der Waals surface area contributed by atoms with E-state index in [0.717, 1.165) is 45.3 Å². The van der Waals surface area contributed by atoms with Gasteiger partial charge in [0.25, 0.3) is 10.0 Å². The van der Waals surface area contributed by atoms with Crippen molar-refractivity contribution in [2.24, 2.45) is 5.41 Å². The second-order valence-corrected chi connectivity index (χ2v) is 9.80. The highest BCUT2D eigenvalue weighted by Gasteiger charge is 2.45. The van der Waals surface area contributed by atoms with Gasteiger partial charge in [0.05, 0.1) is 18.8 Å². The molecule has 0 aromatic carbocycles. The van der Waals surface area contributed by atoms with Crippen LogP contribution in [-0.2, 0) is 14.8 Å². The quantitative estimate of drug-likeness (QED) is 0.827. The summed E-state index contributed by atoms with van der Waals surface area (Å²) in [4.78, 5) is 6.28. The van der Waals surface area contributed by atoms with Crippen LogP contribution >= 0.6 is 0 Å². The number of pyridine rings is 1. The Kier molecular flexibility index (Phi) is 5.04. The number of piperidine rings is 1. The normalized spacial score (nSPS) is 30.2. The number of aliphatic hydroxyl groups is 1. The molecule has 0 amide bonds. The first kappa shape index (κ1) is 18.3. The predicted molar refractivity (Wildman–Crippen MR) is 96.1 cm³/mol. The molecule has 1 N–H and O–H groups in total. The number of β-amino-alcohol motifs (C(OH)–C–C–N with tert-alkyl or cyclic N) is 1. The van der Waals surface area contributed by atoms with Crippen LogP contribution in [0.3, 0.4) is 0 Å². The molecular weight excluding hydrogens is 354 g/mol. The number of hydrogen-bond acceptors (Lipinski definition) is 6. The third kappa shape index (κ3) is 3.66. The number of ether oxygens (including phenoxy) is 1. The van der Waals surface area contributed by atoms with Gasteiger partial charge in [-0.3, -0.25) is 4.90 Å². The Bertz CT molecular complexity index is 719. The second-order valence-electron chi connectivity index (χ2n) is 7.91. The summed E-state index contributed by atoms with van der Waals surface area (Å²) in [5.74, 6) is 0. The molecule has 3 aliphatic rings. The first-order valence-electron chi connectivity index (χ1n) is 9.40. The molecule has 4 heterocycles. The van der Waals surface area contributed by atoms with Gasteiger partial charge in [-0.2, -0.15) is 4.31 Å². The van der Waals surface area contributed by atoms with E-state index in [4.69, 9.17) is 4.74 Å². The molecule has 1 spiro atoms. The van der Waals surface area contributed by atoms with E-state index in [1.807, 2.05) is 0 Å². The van der Waals surface area contributed by atoms with Crippen LogP contribution in [0.1, 0.15) is 25.7 Å². The van der Waals surface area contributed by atoms with Crippen LogP contribution in [0.25, 0.3) is 0 Å². The van der Waals surface area contributed by atoms with Crippen molar-refractivity contribution in [1.29, 1.82) is 0 Å². The summed E-state index contributed by atoms with van der Waals surface area (Å²) in [5.41, 5.74) is 0.0964. The van der Waals surface area contributed by atoms with Crippen LogP contribution < -0.4 is 0 Å². The molecule has 8 heteroatoms. The first-order chi connectivity index (χ1) is 12.5. The first-order valence-corrected chi connectivity index (χ1v) is 10.8. The molecule has 3 aliphatic heterocycles. The van der Waals surface area contributed by atoms with Crippen LogP contribution in [0.2, 0.25) is 0 Å². The van der Waals surface area contributed by atoms with Gasteiger partial charge >= 0.3 is 0 Å². The van der Waals surface area contributed by atoms with Crippen molar-refractivity contribution in [3.63, 3.8) is 0 Å². The Morgan fingerprint density at radius 3 is 2.73 bits per heavy atom. The summed E-state index contributed by atoms with van der Waals surface area (Å²) in [5, 5.41) is 9.79. The zero-order valence-electron chi connectivity index (χ0n) is 15.0. The van der Waals surface area contributed by atoms with Crippen molar-refractivity contribution < 1.29 is 18.3 Å². The standard InChI is InChI=1S/C18H27N3O4S/c22-15-4-8-20(12-15)13-16-11-18(14-25-16)5-9-21(10-6-18)26(23,24)17-3-1-2-7-19-17/h1-3,7,15-16,22H,4-6,8-14H2/t15-,16+/m1/s1. The molecule has 0 aliphatic carbocycles. The van der Waals surface area contributed by atoms with E-state index < -0.39 is 10.0 Å². The summed E-state index contributed by atoms with van der Waals surface area (Å²) in [6.45, 7) is 4.31. The van der Waals surface area contributed by atoms with E-state index in [-0.39, 0.29) is 22.6 Å². The van der Waals surface area contributed by atoms with Gasteiger partial charge in [0.2, 0.25) is 0 Å². The number of hydrogen-bond donors (Lipinski definition) is 1. The highest BCUT2D eigenvalue weighted by Crippen LogP contribution is 2.43. The van der Waals surface area contributed by atoms with Crippen molar-refractivity contribution >= 4 is 10.0 Å². The molecule has 0 bridgehead atoms. The largest absolute Gasteiger partial charge is 0.392 e. The summed E-state index contributed by atoms with van der Waals surface area (Å²) < 4.78 is 33.0. The van der Waals surface area contributed by atoms with Crippen molar-refractivity contribution in [1.82, 2.24) is 14.2 Å². The monoisotopic (exact) mass is 381 g/mol. The number of aliphatic hydroxyl groups excluding tert-OH is 1. The van der Waals surface area contributed by atoms with E-state index in [0.29, 0.717) is 19.7 Å². The van der Waals surface area contributed by atoms with Crippen LogP contribution in [0.5, 0.6) is 0 Å². The molecule has 7 nitrogen and oxygen atoms in total. The smallest absolute Gasteiger partial charge is 0.260 e. The number of aromatic nitrogens is 1. The molecule has 4 rings (SSSR count). The Balaban J connectivity index is 1.34. The highest BCUT2D eigenvalue weighted by molar-refractivity contribution is 7.89. The van der Waals surface area contributed by atoms with Gasteiger partial charge in [-0.25, -0.2) is 13.4 Å². The fraction of sp³-hybridized carbons (Fsp3) is 0.722. The van der Waals surface area contributed by atoms with E-state index in [1.165, 1.54) is 6.20 Å². The molecule has 144 valence electrons. The number of rotatable bonds is 4. The third-order valence-electron chi connectivity index (χ3n) is 6.02. The summed E-state index contributed by atoms with van der Waals surface area (Å²) >= 11 is 0.